The Hall–Kier alpha value is -0.160. The Morgan fingerprint density at radius 1 is 0.818 bits per heavy atom. The van der Waals surface area contributed by atoms with Gasteiger partial charge in [-0.2, -0.15) is 0 Å². The molecule has 0 unspecified atom stereocenters. The van der Waals surface area contributed by atoms with E-state index in [0.29, 0.717) is 6.61 Å². The number of aliphatic hydroxyl groups is 1. The first-order valence-electron chi connectivity index (χ1n) is 9.48. The van der Waals surface area contributed by atoms with Crippen LogP contribution in [-0.2, 0) is 4.74 Å². The summed E-state index contributed by atoms with van der Waals surface area (Å²) in [5, 5.41) is 8.74. The Kier molecular flexibility index (Phi) is 4.72. The van der Waals surface area contributed by atoms with Crippen molar-refractivity contribution < 1.29 is 9.84 Å². The Bertz CT molecular complexity index is 340. The fourth-order valence-corrected chi connectivity index (χ4v) is 6.14. The van der Waals surface area contributed by atoms with Gasteiger partial charge in [0, 0.05) is 38.8 Å². The second-order valence-corrected chi connectivity index (χ2v) is 8.13. The molecule has 22 heavy (non-hydrogen) atoms. The van der Waals surface area contributed by atoms with Crippen molar-refractivity contribution in [3.8, 4) is 0 Å². The lowest BCUT2D eigenvalue weighted by molar-refractivity contribution is -0.0775. The Labute approximate surface area is 134 Å². The van der Waals surface area contributed by atoms with Gasteiger partial charge in [-0.25, -0.2) is 0 Å². The van der Waals surface area contributed by atoms with E-state index in [-0.39, 0.29) is 6.61 Å². The average molecular weight is 308 g/mol. The first-order valence-corrected chi connectivity index (χ1v) is 9.48. The molecule has 0 atom stereocenters. The van der Waals surface area contributed by atoms with E-state index in [2.05, 4.69) is 9.80 Å². The Morgan fingerprint density at radius 3 is 2.05 bits per heavy atom. The van der Waals surface area contributed by atoms with Crippen LogP contribution in [0.25, 0.3) is 0 Å². The van der Waals surface area contributed by atoms with Gasteiger partial charge in [-0.3, -0.25) is 9.80 Å². The number of hydrogen-bond acceptors (Lipinski definition) is 4. The molecule has 126 valence electrons. The summed E-state index contributed by atoms with van der Waals surface area (Å²) < 4.78 is 5.40. The maximum Gasteiger partial charge on any atom is 0.0698 e. The molecule has 5 fully saturated rings. The molecule has 1 heterocycles. The minimum Gasteiger partial charge on any atom is -0.394 e. The summed E-state index contributed by atoms with van der Waals surface area (Å²) in [5.41, 5.74) is 0. The highest BCUT2D eigenvalue weighted by Gasteiger charge is 2.50. The summed E-state index contributed by atoms with van der Waals surface area (Å²) in [6.45, 7) is 7.32. The molecular weight excluding hydrogens is 276 g/mol. The number of rotatable bonds is 6. The van der Waals surface area contributed by atoms with Crippen molar-refractivity contribution in [1.29, 1.82) is 0 Å². The molecule has 4 nitrogen and oxygen atoms in total. The van der Waals surface area contributed by atoms with Crippen molar-refractivity contribution >= 4 is 0 Å². The maximum atomic E-state index is 8.74. The van der Waals surface area contributed by atoms with E-state index in [1.807, 2.05) is 0 Å². The molecule has 4 heteroatoms. The van der Waals surface area contributed by atoms with Crippen LogP contribution >= 0.6 is 0 Å². The van der Waals surface area contributed by atoms with Crippen LogP contribution in [0, 0.1) is 23.7 Å². The van der Waals surface area contributed by atoms with Gasteiger partial charge in [-0.1, -0.05) is 0 Å². The van der Waals surface area contributed by atoms with Crippen molar-refractivity contribution in [3.63, 3.8) is 0 Å². The van der Waals surface area contributed by atoms with Gasteiger partial charge in [0.15, 0.2) is 0 Å². The average Bonchev–Trinajstić information content (AvgIpc) is 2.52. The molecule has 4 aliphatic carbocycles. The molecule has 1 aliphatic heterocycles. The fraction of sp³-hybridized carbons (Fsp3) is 1.00. The van der Waals surface area contributed by atoms with Gasteiger partial charge < -0.3 is 9.84 Å². The van der Waals surface area contributed by atoms with Crippen LogP contribution in [-0.4, -0.2) is 73.5 Å². The molecule has 5 aliphatic rings. The number of ether oxygens (including phenoxy) is 1. The SMILES string of the molecule is OCCOCCN1CCN(C2C3CC4CC(C3)CC2C4)CC1. The Balaban J connectivity index is 1.25. The molecule has 0 radical (unpaired) electrons. The molecule has 0 amide bonds. The zero-order valence-corrected chi connectivity index (χ0v) is 13.8. The predicted octanol–water partition coefficient (Wildman–Crippen LogP) is 1.44. The third-order valence-electron chi connectivity index (χ3n) is 6.79. The van der Waals surface area contributed by atoms with E-state index in [1.165, 1.54) is 51.9 Å². The number of aliphatic hydroxyl groups excluding tert-OH is 1. The molecule has 5 rings (SSSR count). The monoisotopic (exact) mass is 308 g/mol. The first-order chi connectivity index (χ1) is 10.8. The van der Waals surface area contributed by atoms with Gasteiger partial charge >= 0.3 is 0 Å². The van der Waals surface area contributed by atoms with Crippen LogP contribution < -0.4 is 0 Å². The van der Waals surface area contributed by atoms with Gasteiger partial charge in [-0.15, -0.1) is 0 Å². The second kappa shape index (κ2) is 6.76. The van der Waals surface area contributed by atoms with Crippen LogP contribution in [0.5, 0.6) is 0 Å². The summed E-state index contributed by atoms with van der Waals surface area (Å²) in [4.78, 5) is 5.38. The lowest BCUT2D eigenvalue weighted by Gasteiger charge is -2.58. The third kappa shape index (κ3) is 3.08. The quantitative estimate of drug-likeness (QED) is 0.753. The van der Waals surface area contributed by atoms with Gasteiger partial charge in [0.25, 0.3) is 0 Å². The summed E-state index contributed by atoms with van der Waals surface area (Å²) in [5.74, 6) is 4.22. The highest BCUT2D eigenvalue weighted by atomic mass is 16.5. The third-order valence-corrected chi connectivity index (χ3v) is 6.79. The van der Waals surface area contributed by atoms with Crippen LogP contribution in [0.4, 0.5) is 0 Å². The summed E-state index contributed by atoms with van der Waals surface area (Å²) in [7, 11) is 0. The summed E-state index contributed by atoms with van der Waals surface area (Å²) in [6, 6.07) is 0.917. The molecule has 0 spiro atoms. The smallest absolute Gasteiger partial charge is 0.0698 e. The van der Waals surface area contributed by atoms with E-state index in [4.69, 9.17) is 9.84 Å². The normalized spacial score (nSPS) is 42.1. The van der Waals surface area contributed by atoms with E-state index in [1.54, 1.807) is 6.42 Å². The van der Waals surface area contributed by atoms with Crippen molar-refractivity contribution in [2.75, 3.05) is 52.5 Å². The molecule has 4 bridgehead atoms. The molecule has 0 aromatic rings. The summed E-state index contributed by atoms with van der Waals surface area (Å²) >= 11 is 0. The standard InChI is InChI=1S/C18H32N2O2/c21-6-8-22-7-5-19-1-3-20(4-2-19)18-16-10-14-9-15(12-16)13-17(18)11-14/h14-18,21H,1-13H2. The van der Waals surface area contributed by atoms with Gasteiger partial charge in [0.2, 0.25) is 0 Å². The minimum absolute atomic E-state index is 0.139. The molecule has 1 saturated heterocycles. The van der Waals surface area contributed by atoms with E-state index < -0.39 is 0 Å². The highest BCUT2D eigenvalue weighted by molar-refractivity contribution is 5.02. The zero-order valence-electron chi connectivity index (χ0n) is 13.8. The molecule has 0 aromatic carbocycles. The molecule has 1 N–H and O–H groups in total. The van der Waals surface area contributed by atoms with E-state index in [9.17, 15) is 0 Å². The van der Waals surface area contributed by atoms with Crippen LogP contribution in [0.15, 0.2) is 0 Å². The van der Waals surface area contributed by atoms with Crippen molar-refractivity contribution in [1.82, 2.24) is 9.80 Å². The van der Waals surface area contributed by atoms with Crippen molar-refractivity contribution in [3.05, 3.63) is 0 Å². The minimum atomic E-state index is 0.139. The number of nitrogens with zero attached hydrogens (tertiary/aromatic N) is 2. The molecular formula is C18H32N2O2. The van der Waals surface area contributed by atoms with E-state index in [0.717, 1.165) is 42.9 Å². The number of piperazine rings is 1. The van der Waals surface area contributed by atoms with Crippen LogP contribution in [0.2, 0.25) is 0 Å². The first kappa shape index (κ1) is 15.4. The zero-order chi connectivity index (χ0) is 14.9. The van der Waals surface area contributed by atoms with Crippen LogP contribution in [0.3, 0.4) is 0 Å². The number of hydrogen-bond donors (Lipinski definition) is 1. The lowest BCUT2D eigenvalue weighted by atomic mass is 9.54. The van der Waals surface area contributed by atoms with Gasteiger partial charge in [-0.05, 0) is 55.8 Å². The fourth-order valence-electron chi connectivity index (χ4n) is 6.14. The Morgan fingerprint density at radius 2 is 1.45 bits per heavy atom. The van der Waals surface area contributed by atoms with Crippen molar-refractivity contribution in [2.24, 2.45) is 23.7 Å². The predicted molar refractivity (Wildman–Crippen MR) is 86.8 cm³/mol. The summed E-state index contributed by atoms with van der Waals surface area (Å²) in [6.07, 6.45) is 7.70. The highest BCUT2D eigenvalue weighted by Crippen LogP contribution is 2.55. The van der Waals surface area contributed by atoms with Gasteiger partial charge in [0.1, 0.15) is 0 Å². The van der Waals surface area contributed by atoms with Crippen LogP contribution in [0.1, 0.15) is 32.1 Å². The second-order valence-electron chi connectivity index (χ2n) is 8.13. The molecule has 0 aromatic heterocycles. The largest absolute Gasteiger partial charge is 0.394 e. The lowest BCUT2D eigenvalue weighted by Crippen LogP contribution is -2.60. The van der Waals surface area contributed by atoms with Gasteiger partial charge in [0.05, 0.1) is 19.8 Å². The van der Waals surface area contributed by atoms with E-state index >= 15 is 0 Å². The van der Waals surface area contributed by atoms with Crippen molar-refractivity contribution in [2.45, 2.75) is 38.1 Å². The topological polar surface area (TPSA) is 35.9 Å². The maximum absolute atomic E-state index is 8.74. The molecule has 4 saturated carbocycles.